The van der Waals surface area contributed by atoms with Gasteiger partial charge in [-0.1, -0.05) is 6.07 Å². The van der Waals surface area contributed by atoms with Crippen LogP contribution in [0.15, 0.2) is 35.7 Å². The van der Waals surface area contributed by atoms with Gasteiger partial charge in [0.15, 0.2) is 28.3 Å². The fourth-order valence-electron chi connectivity index (χ4n) is 2.91. The van der Waals surface area contributed by atoms with Crippen molar-refractivity contribution in [2.75, 3.05) is 26.6 Å². The third kappa shape index (κ3) is 4.68. The molecule has 1 amide bonds. The topological polar surface area (TPSA) is 69.7 Å². The fraction of sp³-hybridized carbons (Fsp3) is 0.238. The number of aryl methyl sites for hydroxylation is 1. The number of nitrogens with zero attached hydrogens (tertiary/aromatic N) is 1. The Labute approximate surface area is 176 Å². The zero-order valence-electron chi connectivity index (χ0n) is 16.6. The summed E-state index contributed by atoms with van der Waals surface area (Å²) in [6.45, 7) is 0. The zero-order chi connectivity index (χ0) is 21.7. The molecular formula is C21H20F2N2O4S. The molecule has 158 valence electrons. The lowest BCUT2D eigenvalue weighted by atomic mass is 10.1. The minimum atomic E-state index is -0.949. The van der Waals surface area contributed by atoms with Crippen molar-refractivity contribution in [1.29, 1.82) is 0 Å². The first kappa shape index (κ1) is 21.5. The summed E-state index contributed by atoms with van der Waals surface area (Å²) < 4.78 is 42.5. The molecule has 6 nitrogen and oxygen atoms in total. The average molecular weight is 434 g/mol. The molecule has 0 bridgehead atoms. The number of hydrogen-bond acceptors (Lipinski definition) is 6. The Bertz CT molecular complexity index is 1060. The van der Waals surface area contributed by atoms with Crippen molar-refractivity contribution in [3.63, 3.8) is 0 Å². The number of rotatable bonds is 8. The minimum absolute atomic E-state index is 0.186. The van der Waals surface area contributed by atoms with Crippen LogP contribution in [-0.4, -0.2) is 32.2 Å². The van der Waals surface area contributed by atoms with Gasteiger partial charge in [-0.2, -0.15) is 0 Å². The van der Waals surface area contributed by atoms with E-state index in [-0.39, 0.29) is 12.3 Å². The van der Waals surface area contributed by atoms with Crippen molar-refractivity contribution in [1.82, 2.24) is 4.98 Å². The van der Waals surface area contributed by atoms with Crippen molar-refractivity contribution in [3.8, 4) is 28.5 Å². The summed E-state index contributed by atoms with van der Waals surface area (Å²) in [5.74, 6) is -0.593. The summed E-state index contributed by atoms with van der Waals surface area (Å²) in [7, 11) is 4.58. The number of hydrogen-bond donors (Lipinski definition) is 1. The maximum Gasteiger partial charge on any atom is 0.226 e. The van der Waals surface area contributed by atoms with Crippen molar-refractivity contribution in [2.24, 2.45) is 0 Å². The summed E-state index contributed by atoms with van der Waals surface area (Å²) in [4.78, 5) is 16.6. The number of benzene rings is 2. The number of anilines is 1. The monoisotopic (exact) mass is 434 g/mol. The maximum atomic E-state index is 13.4. The molecule has 0 saturated heterocycles. The third-order valence-electron chi connectivity index (χ3n) is 4.37. The van der Waals surface area contributed by atoms with Crippen molar-refractivity contribution in [3.05, 3.63) is 52.9 Å². The number of carbonyl (C=O) groups excluding carboxylic acids is 1. The first-order valence-corrected chi connectivity index (χ1v) is 9.83. The number of amides is 1. The van der Waals surface area contributed by atoms with Gasteiger partial charge in [0.05, 0.1) is 27.0 Å². The number of halogens is 2. The summed E-state index contributed by atoms with van der Waals surface area (Å²) in [6, 6.07) is 7.11. The molecule has 1 aromatic heterocycles. The van der Waals surface area contributed by atoms with Gasteiger partial charge >= 0.3 is 0 Å². The molecule has 0 aliphatic carbocycles. The Kier molecular flexibility index (Phi) is 6.83. The van der Waals surface area contributed by atoms with Crippen LogP contribution in [0.5, 0.6) is 17.2 Å². The van der Waals surface area contributed by atoms with Gasteiger partial charge in [-0.05, 0) is 36.2 Å². The van der Waals surface area contributed by atoms with Crippen LogP contribution in [0.1, 0.15) is 12.0 Å². The molecule has 0 saturated carbocycles. The van der Waals surface area contributed by atoms with Gasteiger partial charge < -0.3 is 19.5 Å². The highest BCUT2D eigenvalue weighted by atomic mass is 32.1. The number of carbonyl (C=O) groups is 1. The van der Waals surface area contributed by atoms with Crippen LogP contribution in [0.25, 0.3) is 11.3 Å². The number of thiazole rings is 1. The number of methoxy groups -OCH3 is 3. The van der Waals surface area contributed by atoms with E-state index in [9.17, 15) is 13.6 Å². The van der Waals surface area contributed by atoms with Crippen molar-refractivity contribution in [2.45, 2.75) is 12.8 Å². The van der Waals surface area contributed by atoms with E-state index in [4.69, 9.17) is 14.2 Å². The highest BCUT2D eigenvalue weighted by Crippen LogP contribution is 2.40. The van der Waals surface area contributed by atoms with Gasteiger partial charge in [0.25, 0.3) is 0 Å². The van der Waals surface area contributed by atoms with Crippen LogP contribution in [0.2, 0.25) is 0 Å². The third-order valence-corrected chi connectivity index (χ3v) is 5.13. The van der Waals surface area contributed by atoms with Crippen LogP contribution < -0.4 is 19.5 Å². The van der Waals surface area contributed by atoms with E-state index in [1.807, 2.05) is 6.07 Å². The van der Waals surface area contributed by atoms with Crippen LogP contribution in [0, 0.1) is 11.6 Å². The first-order valence-electron chi connectivity index (χ1n) is 8.95. The summed E-state index contributed by atoms with van der Waals surface area (Å²) in [6.07, 6.45) is 0.600. The summed E-state index contributed by atoms with van der Waals surface area (Å²) in [5, 5.41) is 4.76. The number of ether oxygens (including phenoxy) is 3. The van der Waals surface area contributed by atoms with Gasteiger partial charge in [0, 0.05) is 17.4 Å². The van der Waals surface area contributed by atoms with E-state index >= 15 is 0 Å². The summed E-state index contributed by atoms with van der Waals surface area (Å²) in [5.41, 5.74) is 1.68. The standard InChI is InChI=1S/C21H20F2N2O4S/c1-27-17-8-5-12(19(28-2)20(17)29-3)6-9-18(26)25-21-24-16(11-30-21)13-4-7-14(22)15(23)10-13/h4-5,7-8,10-11H,6,9H2,1-3H3,(H,24,25,26). The van der Waals surface area contributed by atoms with E-state index in [0.717, 1.165) is 17.7 Å². The van der Waals surface area contributed by atoms with Crippen LogP contribution >= 0.6 is 11.3 Å². The Morgan fingerprint density at radius 2 is 1.80 bits per heavy atom. The Balaban J connectivity index is 1.66. The molecule has 0 fully saturated rings. The van der Waals surface area contributed by atoms with Gasteiger partial charge in [-0.25, -0.2) is 13.8 Å². The van der Waals surface area contributed by atoms with E-state index < -0.39 is 11.6 Å². The molecule has 3 aromatic rings. The quantitative estimate of drug-likeness (QED) is 0.557. The average Bonchev–Trinajstić information content (AvgIpc) is 3.21. The first-order chi connectivity index (χ1) is 14.5. The maximum absolute atomic E-state index is 13.4. The molecular weight excluding hydrogens is 414 g/mol. The second-order valence-electron chi connectivity index (χ2n) is 6.21. The van der Waals surface area contributed by atoms with Crippen molar-refractivity contribution < 1.29 is 27.8 Å². The van der Waals surface area contributed by atoms with Gasteiger partial charge in [0.2, 0.25) is 11.7 Å². The van der Waals surface area contributed by atoms with E-state index in [2.05, 4.69) is 10.3 Å². The van der Waals surface area contributed by atoms with Crippen molar-refractivity contribution >= 4 is 22.4 Å². The lowest BCUT2D eigenvalue weighted by molar-refractivity contribution is -0.116. The predicted octanol–water partition coefficient (Wildman–Crippen LogP) is 4.69. The van der Waals surface area contributed by atoms with E-state index in [1.165, 1.54) is 38.7 Å². The van der Waals surface area contributed by atoms with Gasteiger partial charge in [-0.3, -0.25) is 4.79 Å². The Morgan fingerprint density at radius 1 is 1.03 bits per heavy atom. The molecule has 1 heterocycles. The molecule has 30 heavy (non-hydrogen) atoms. The van der Waals surface area contributed by atoms with Crippen LogP contribution in [-0.2, 0) is 11.2 Å². The predicted molar refractivity (Wildman–Crippen MR) is 111 cm³/mol. The van der Waals surface area contributed by atoms with Gasteiger partial charge in [0.1, 0.15) is 0 Å². The van der Waals surface area contributed by atoms with Crippen LogP contribution in [0.3, 0.4) is 0 Å². The number of nitrogens with one attached hydrogen (secondary N) is 1. The lowest BCUT2D eigenvalue weighted by Gasteiger charge is -2.15. The van der Waals surface area contributed by atoms with E-state index in [0.29, 0.717) is 40.1 Å². The van der Waals surface area contributed by atoms with Gasteiger partial charge in [-0.15, -0.1) is 11.3 Å². The van der Waals surface area contributed by atoms with E-state index in [1.54, 1.807) is 11.4 Å². The zero-order valence-corrected chi connectivity index (χ0v) is 17.4. The molecule has 0 radical (unpaired) electrons. The Morgan fingerprint density at radius 3 is 2.47 bits per heavy atom. The second kappa shape index (κ2) is 9.53. The second-order valence-corrected chi connectivity index (χ2v) is 7.07. The Hall–Kier alpha value is -3.20. The normalized spacial score (nSPS) is 10.6. The molecule has 0 aliphatic heterocycles. The largest absolute Gasteiger partial charge is 0.493 e. The molecule has 0 spiro atoms. The molecule has 1 N–H and O–H groups in total. The highest BCUT2D eigenvalue weighted by Gasteiger charge is 2.17. The lowest BCUT2D eigenvalue weighted by Crippen LogP contribution is -2.12. The molecule has 0 atom stereocenters. The molecule has 0 aliphatic rings. The molecule has 3 rings (SSSR count). The molecule has 2 aromatic carbocycles. The smallest absolute Gasteiger partial charge is 0.226 e. The summed E-state index contributed by atoms with van der Waals surface area (Å²) >= 11 is 1.20. The highest BCUT2D eigenvalue weighted by molar-refractivity contribution is 7.14. The number of aromatic nitrogens is 1. The molecule has 9 heteroatoms. The minimum Gasteiger partial charge on any atom is -0.493 e. The fourth-order valence-corrected chi connectivity index (χ4v) is 3.65. The van der Waals surface area contributed by atoms with Crippen LogP contribution in [0.4, 0.5) is 13.9 Å². The molecule has 0 unspecified atom stereocenters. The SMILES string of the molecule is COc1ccc(CCC(=O)Nc2nc(-c3ccc(F)c(F)c3)cs2)c(OC)c1OC.